The highest BCUT2D eigenvalue weighted by Crippen LogP contribution is 2.23. The first-order chi connectivity index (χ1) is 7.72. The molecule has 0 amide bonds. The molecule has 1 saturated heterocycles. The molecule has 16 heavy (non-hydrogen) atoms. The molecule has 1 aliphatic rings. The summed E-state index contributed by atoms with van der Waals surface area (Å²) in [6, 6.07) is 0.719. The van der Waals surface area contributed by atoms with E-state index in [1.54, 1.807) is 0 Å². The van der Waals surface area contributed by atoms with Crippen LogP contribution in [-0.2, 0) is 4.79 Å². The van der Waals surface area contributed by atoms with E-state index in [2.05, 4.69) is 45.4 Å². The first kappa shape index (κ1) is 16.4. The second-order valence-corrected chi connectivity index (χ2v) is 5.98. The number of carbonyl (C=O) groups excluding carboxylic acids is 1. The summed E-state index contributed by atoms with van der Waals surface area (Å²) in [6.45, 7) is 7.70. The van der Waals surface area contributed by atoms with E-state index in [1.807, 2.05) is 6.79 Å². The zero-order valence-corrected chi connectivity index (χ0v) is 12.3. The number of rotatable bonds is 6. The monoisotopic (exact) mass is 264 g/mol. The highest BCUT2D eigenvalue weighted by Gasteiger charge is 2.19. The third kappa shape index (κ3) is 7.61. The molecule has 1 heterocycles. The molecule has 0 aromatic heterocycles. The Morgan fingerprint density at radius 3 is 2.81 bits per heavy atom. The van der Waals surface area contributed by atoms with Crippen molar-refractivity contribution in [2.45, 2.75) is 44.5 Å². The van der Waals surface area contributed by atoms with Crippen molar-refractivity contribution in [2.75, 3.05) is 12.3 Å². The lowest BCUT2D eigenvalue weighted by molar-refractivity contribution is -0.0979. The lowest BCUT2D eigenvalue weighted by Gasteiger charge is -2.13. The van der Waals surface area contributed by atoms with Gasteiger partial charge in [-0.05, 0) is 25.7 Å². The van der Waals surface area contributed by atoms with Crippen molar-refractivity contribution in [1.29, 1.82) is 0 Å². The van der Waals surface area contributed by atoms with Crippen molar-refractivity contribution in [1.82, 2.24) is 10.4 Å². The Kier molecular flexibility index (Phi) is 10.8. The SMILES string of the molecule is C=O.CC1CSC(CCC[C@@H](C)CNP)N1. The van der Waals surface area contributed by atoms with Crippen molar-refractivity contribution < 1.29 is 4.79 Å². The summed E-state index contributed by atoms with van der Waals surface area (Å²) in [5, 5.41) is 7.47. The number of nitrogens with one attached hydrogen (secondary N) is 2. The molecule has 0 radical (unpaired) electrons. The summed E-state index contributed by atoms with van der Waals surface area (Å²) in [5.41, 5.74) is 0. The fourth-order valence-corrected chi connectivity index (χ4v) is 3.48. The van der Waals surface area contributed by atoms with Crippen molar-refractivity contribution in [2.24, 2.45) is 5.92 Å². The normalized spacial score (nSPS) is 25.9. The smallest absolute Gasteiger partial charge is 0.106 e. The molecular weight excluding hydrogens is 239 g/mol. The Balaban J connectivity index is 0.00000106. The Morgan fingerprint density at radius 2 is 2.31 bits per heavy atom. The predicted octanol–water partition coefficient (Wildman–Crippen LogP) is 2.04. The van der Waals surface area contributed by atoms with Crippen molar-refractivity contribution >= 4 is 27.9 Å². The predicted molar refractivity (Wildman–Crippen MR) is 76.7 cm³/mol. The van der Waals surface area contributed by atoms with Gasteiger partial charge in [-0.15, -0.1) is 11.8 Å². The van der Waals surface area contributed by atoms with Gasteiger partial charge in [0.25, 0.3) is 0 Å². The molecule has 1 rings (SSSR count). The van der Waals surface area contributed by atoms with Crippen LogP contribution in [0.15, 0.2) is 0 Å². The minimum atomic E-state index is 0.719. The molecule has 0 bridgehead atoms. The summed E-state index contributed by atoms with van der Waals surface area (Å²) in [5.74, 6) is 2.09. The van der Waals surface area contributed by atoms with Gasteiger partial charge < -0.3 is 15.2 Å². The van der Waals surface area contributed by atoms with Gasteiger partial charge >= 0.3 is 0 Å². The second-order valence-electron chi connectivity index (χ2n) is 4.33. The topological polar surface area (TPSA) is 41.1 Å². The Hall–Kier alpha value is 0.370. The van der Waals surface area contributed by atoms with E-state index in [4.69, 9.17) is 4.79 Å². The van der Waals surface area contributed by atoms with Gasteiger partial charge in [0.05, 0.1) is 5.37 Å². The van der Waals surface area contributed by atoms with E-state index in [9.17, 15) is 0 Å². The third-order valence-corrected chi connectivity index (χ3v) is 4.35. The number of hydrogen-bond donors (Lipinski definition) is 2. The summed E-state index contributed by atoms with van der Waals surface area (Å²) >= 11 is 2.08. The van der Waals surface area contributed by atoms with Crippen LogP contribution in [-0.4, -0.2) is 30.5 Å². The average molecular weight is 264 g/mol. The third-order valence-electron chi connectivity index (χ3n) is 2.65. The molecule has 0 aromatic rings. The van der Waals surface area contributed by atoms with Crippen LogP contribution in [0.25, 0.3) is 0 Å². The van der Waals surface area contributed by atoms with Gasteiger partial charge in [-0.2, -0.15) is 0 Å². The molecule has 0 aliphatic carbocycles. The average Bonchev–Trinajstić information content (AvgIpc) is 2.68. The molecule has 2 N–H and O–H groups in total. The van der Waals surface area contributed by atoms with Crippen LogP contribution in [0.5, 0.6) is 0 Å². The quantitative estimate of drug-likeness (QED) is 0.720. The van der Waals surface area contributed by atoms with Crippen LogP contribution in [0.3, 0.4) is 0 Å². The highest BCUT2D eigenvalue weighted by molar-refractivity contribution is 8.00. The number of carbonyl (C=O) groups is 1. The van der Waals surface area contributed by atoms with E-state index >= 15 is 0 Å². The van der Waals surface area contributed by atoms with Gasteiger partial charge in [-0.1, -0.05) is 22.7 Å². The van der Waals surface area contributed by atoms with Gasteiger partial charge in [0.2, 0.25) is 0 Å². The molecule has 5 heteroatoms. The molecule has 96 valence electrons. The van der Waals surface area contributed by atoms with Crippen LogP contribution in [0.2, 0.25) is 0 Å². The molecule has 3 nitrogen and oxygen atoms in total. The maximum atomic E-state index is 8.00. The first-order valence-corrected chi connectivity index (χ1v) is 7.45. The van der Waals surface area contributed by atoms with Gasteiger partial charge in [0, 0.05) is 18.3 Å². The maximum absolute atomic E-state index is 8.00. The first-order valence-electron chi connectivity index (χ1n) is 5.82. The van der Waals surface area contributed by atoms with E-state index in [0.717, 1.165) is 23.9 Å². The van der Waals surface area contributed by atoms with E-state index in [0.29, 0.717) is 0 Å². The van der Waals surface area contributed by atoms with Crippen LogP contribution < -0.4 is 10.4 Å². The lowest BCUT2D eigenvalue weighted by atomic mass is 10.0. The molecule has 0 aromatic carbocycles. The molecule has 1 aliphatic heterocycles. The fourth-order valence-electron chi connectivity index (χ4n) is 1.80. The second kappa shape index (κ2) is 10.5. The minimum Gasteiger partial charge on any atom is -0.307 e. The fraction of sp³-hybridized carbons (Fsp3) is 0.909. The molecule has 0 saturated carbocycles. The van der Waals surface area contributed by atoms with Gasteiger partial charge in [-0.25, -0.2) is 0 Å². The molecule has 0 spiro atoms. The molecular formula is C11H25N2OPS. The summed E-state index contributed by atoms with van der Waals surface area (Å²) in [7, 11) is 2.57. The van der Waals surface area contributed by atoms with Crippen LogP contribution in [0, 0.1) is 5.92 Å². The van der Waals surface area contributed by atoms with E-state index < -0.39 is 0 Å². The Bertz CT molecular complexity index is 174. The van der Waals surface area contributed by atoms with E-state index in [-0.39, 0.29) is 0 Å². The van der Waals surface area contributed by atoms with Gasteiger partial charge in [-0.3, -0.25) is 0 Å². The summed E-state index contributed by atoms with van der Waals surface area (Å²) in [6.07, 6.45) is 4.02. The maximum Gasteiger partial charge on any atom is 0.106 e. The zero-order chi connectivity index (χ0) is 12.4. The largest absolute Gasteiger partial charge is 0.307 e. The molecule has 4 atom stereocenters. The lowest BCUT2D eigenvalue weighted by Crippen LogP contribution is -2.27. The van der Waals surface area contributed by atoms with Crippen molar-refractivity contribution in [3.8, 4) is 0 Å². The zero-order valence-electron chi connectivity index (χ0n) is 10.4. The summed E-state index contributed by atoms with van der Waals surface area (Å²) in [4.78, 5) is 8.00. The van der Waals surface area contributed by atoms with Crippen LogP contribution in [0.4, 0.5) is 0 Å². The molecule has 3 unspecified atom stereocenters. The van der Waals surface area contributed by atoms with Crippen LogP contribution in [0.1, 0.15) is 33.1 Å². The van der Waals surface area contributed by atoms with Crippen LogP contribution >= 0.6 is 21.2 Å². The standard InChI is InChI=1S/C10H23N2PS.CH2O/c1-8(6-11-13)4-3-5-10-12-9(2)7-14-10;1-2/h8-12H,3-7,13H2,1-2H3;1H2/t8-,9?,10?;/m1./s1. The highest BCUT2D eigenvalue weighted by atomic mass is 32.2. The number of hydrogen-bond acceptors (Lipinski definition) is 4. The number of thioether (sulfide) groups is 1. The Morgan fingerprint density at radius 1 is 1.62 bits per heavy atom. The van der Waals surface area contributed by atoms with Crippen molar-refractivity contribution in [3.05, 3.63) is 0 Å². The van der Waals surface area contributed by atoms with Crippen molar-refractivity contribution in [3.63, 3.8) is 0 Å². The molecule has 1 fully saturated rings. The van der Waals surface area contributed by atoms with E-state index in [1.165, 1.54) is 25.0 Å². The Labute approximate surface area is 106 Å². The minimum absolute atomic E-state index is 0.719. The van der Waals surface area contributed by atoms with Gasteiger partial charge in [0.1, 0.15) is 6.79 Å². The summed E-state index contributed by atoms with van der Waals surface area (Å²) < 4.78 is 0. The van der Waals surface area contributed by atoms with Gasteiger partial charge in [0.15, 0.2) is 0 Å².